The van der Waals surface area contributed by atoms with Crippen LogP contribution in [0, 0.1) is 56.2 Å². The van der Waals surface area contributed by atoms with Crippen LogP contribution in [0.15, 0.2) is 22.7 Å². The van der Waals surface area contributed by atoms with Gasteiger partial charge in [-0.05, 0) is 46.5 Å². The summed E-state index contributed by atoms with van der Waals surface area (Å²) in [7, 11) is 1.55. The molecule has 1 aromatic rings. The molecule has 4 rings (SSSR count). The van der Waals surface area contributed by atoms with Gasteiger partial charge in [-0.1, -0.05) is 25.3 Å². The van der Waals surface area contributed by atoms with Crippen molar-refractivity contribution in [2.75, 3.05) is 7.11 Å². The second-order valence-corrected chi connectivity index (χ2v) is 8.95. The number of rotatable bonds is 2. The monoisotopic (exact) mass is 468 g/mol. The van der Waals surface area contributed by atoms with Crippen molar-refractivity contribution in [3.05, 3.63) is 28.2 Å². The number of halogens is 1. The van der Waals surface area contributed by atoms with Crippen molar-refractivity contribution in [3.8, 4) is 24.0 Å². The first-order valence-corrected chi connectivity index (χ1v) is 10.8. The third kappa shape index (κ3) is 2.46. The summed E-state index contributed by atoms with van der Waals surface area (Å²) in [6, 6.07) is 11.6. The molecule has 3 fully saturated rings. The molecule has 1 aliphatic carbocycles. The molecule has 8 heteroatoms. The molecule has 154 valence electrons. The molecule has 3 aliphatic rings. The number of hydrogen-bond acceptors (Lipinski definition) is 7. The van der Waals surface area contributed by atoms with Crippen LogP contribution in [-0.4, -0.2) is 18.8 Å². The van der Waals surface area contributed by atoms with Gasteiger partial charge >= 0.3 is 0 Å². The summed E-state index contributed by atoms with van der Waals surface area (Å²) in [6.45, 7) is 0. The van der Waals surface area contributed by atoms with Gasteiger partial charge in [-0.25, -0.2) is 0 Å². The van der Waals surface area contributed by atoms with Crippen LogP contribution >= 0.6 is 15.9 Å². The number of hydrogen-bond donors (Lipinski definition) is 1. The summed E-state index contributed by atoms with van der Waals surface area (Å²) < 4.78 is 18.4. The molecule has 1 saturated carbocycles. The normalized spacial score (nSPS) is 34.2. The summed E-state index contributed by atoms with van der Waals surface area (Å²) in [6.07, 6.45) is 3.71. The molecular weight excluding hydrogens is 448 g/mol. The molecule has 2 aliphatic heterocycles. The first-order chi connectivity index (χ1) is 14.4. The lowest BCUT2D eigenvalue weighted by molar-refractivity contribution is -0.289. The van der Waals surface area contributed by atoms with E-state index in [1.54, 1.807) is 25.3 Å². The molecule has 1 aromatic carbocycles. The molecule has 1 N–H and O–H groups in total. The van der Waals surface area contributed by atoms with E-state index >= 15 is 0 Å². The standard InChI is InChI=1S/C22H21BrN4O3/c1-28-16-8-7-14(10-15(16)23)18-20(11-24,12-25)21(13-26)17-6-4-2-3-5-9-22(17,29-18)30-19(21)27/h7-8,10,17-18,27H,2-6,9H2,1H3. The van der Waals surface area contributed by atoms with Gasteiger partial charge in [0.25, 0.3) is 0 Å². The number of nitrogens with one attached hydrogen (secondary N) is 1. The van der Waals surface area contributed by atoms with Gasteiger partial charge in [0.2, 0.25) is 17.1 Å². The van der Waals surface area contributed by atoms with Crippen LogP contribution in [0.4, 0.5) is 0 Å². The third-order valence-corrected chi connectivity index (χ3v) is 7.41. The van der Waals surface area contributed by atoms with Crippen molar-refractivity contribution in [2.45, 2.75) is 50.4 Å². The minimum atomic E-state index is -1.92. The van der Waals surface area contributed by atoms with E-state index in [1.165, 1.54) is 0 Å². The molecule has 0 aromatic heterocycles. The molecule has 2 heterocycles. The van der Waals surface area contributed by atoms with Gasteiger partial charge in [-0.2, -0.15) is 15.8 Å². The molecule has 2 bridgehead atoms. The van der Waals surface area contributed by atoms with E-state index in [9.17, 15) is 15.8 Å². The molecule has 0 amide bonds. The second kappa shape index (κ2) is 7.27. The van der Waals surface area contributed by atoms with Crippen LogP contribution in [0.25, 0.3) is 0 Å². The fourth-order valence-electron chi connectivity index (χ4n) is 5.36. The molecule has 4 atom stereocenters. The largest absolute Gasteiger partial charge is 0.496 e. The zero-order valence-electron chi connectivity index (χ0n) is 16.6. The van der Waals surface area contributed by atoms with Gasteiger partial charge in [0.15, 0.2) is 5.41 Å². The van der Waals surface area contributed by atoms with Crippen LogP contribution in [0.2, 0.25) is 0 Å². The van der Waals surface area contributed by atoms with Gasteiger partial charge in [-0.3, -0.25) is 5.41 Å². The number of nitrogens with zero attached hydrogens (tertiary/aromatic N) is 3. The van der Waals surface area contributed by atoms with E-state index in [2.05, 4.69) is 34.1 Å². The topological polar surface area (TPSA) is 123 Å². The van der Waals surface area contributed by atoms with E-state index in [1.807, 2.05) is 0 Å². The van der Waals surface area contributed by atoms with Gasteiger partial charge in [0, 0.05) is 6.42 Å². The highest BCUT2D eigenvalue weighted by Gasteiger charge is 2.80. The molecular formula is C22H21BrN4O3. The Hall–Kier alpha value is -2.60. The maximum absolute atomic E-state index is 10.4. The number of benzene rings is 1. The zero-order valence-corrected chi connectivity index (χ0v) is 18.2. The minimum Gasteiger partial charge on any atom is -0.496 e. The van der Waals surface area contributed by atoms with Crippen LogP contribution < -0.4 is 4.74 Å². The summed E-state index contributed by atoms with van der Waals surface area (Å²) >= 11 is 3.45. The van der Waals surface area contributed by atoms with E-state index in [-0.39, 0.29) is 5.90 Å². The predicted octanol–water partition coefficient (Wildman–Crippen LogP) is 4.75. The van der Waals surface area contributed by atoms with Crippen molar-refractivity contribution in [3.63, 3.8) is 0 Å². The van der Waals surface area contributed by atoms with E-state index in [0.29, 0.717) is 28.6 Å². The number of nitriles is 3. The Balaban J connectivity index is 1.96. The number of methoxy groups -OCH3 is 1. The van der Waals surface area contributed by atoms with Gasteiger partial charge in [-0.15, -0.1) is 0 Å². The van der Waals surface area contributed by atoms with Crippen molar-refractivity contribution < 1.29 is 14.2 Å². The Morgan fingerprint density at radius 1 is 1.13 bits per heavy atom. The smallest absolute Gasteiger partial charge is 0.217 e. The fraction of sp³-hybridized carbons (Fsp3) is 0.545. The molecule has 0 spiro atoms. The van der Waals surface area contributed by atoms with Crippen LogP contribution in [0.1, 0.15) is 50.2 Å². The van der Waals surface area contributed by atoms with Crippen molar-refractivity contribution >= 4 is 21.8 Å². The quantitative estimate of drug-likeness (QED) is 0.667. The fourth-order valence-corrected chi connectivity index (χ4v) is 5.92. The van der Waals surface area contributed by atoms with Crippen molar-refractivity contribution in [2.24, 2.45) is 16.7 Å². The van der Waals surface area contributed by atoms with Crippen LogP contribution in [0.5, 0.6) is 5.75 Å². The van der Waals surface area contributed by atoms with E-state index in [0.717, 1.165) is 25.7 Å². The third-order valence-electron chi connectivity index (χ3n) is 6.79. The molecule has 0 radical (unpaired) electrons. The number of ether oxygens (including phenoxy) is 3. The van der Waals surface area contributed by atoms with Gasteiger partial charge in [0.05, 0.1) is 35.7 Å². The second-order valence-electron chi connectivity index (χ2n) is 8.09. The molecule has 30 heavy (non-hydrogen) atoms. The van der Waals surface area contributed by atoms with Crippen molar-refractivity contribution in [1.29, 1.82) is 21.2 Å². The Morgan fingerprint density at radius 2 is 1.87 bits per heavy atom. The summed E-state index contributed by atoms with van der Waals surface area (Å²) in [5.74, 6) is -1.45. The van der Waals surface area contributed by atoms with Gasteiger partial charge < -0.3 is 14.2 Å². The molecule has 2 saturated heterocycles. The average Bonchev–Trinajstić information content (AvgIpc) is 2.90. The first-order valence-electron chi connectivity index (χ1n) is 9.97. The summed E-state index contributed by atoms with van der Waals surface area (Å²) in [4.78, 5) is 0. The zero-order chi connectivity index (χ0) is 21.6. The summed E-state index contributed by atoms with van der Waals surface area (Å²) in [5.41, 5.74) is -3.05. The molecule has 7 nitrogen and oxygen atoms in total. The Labute approximate surface area is 183 Å². The van der Waals surface area contributed by atoms with Crippen molar-refractivity contribution in [1.82, 2.24) is 0 Å². The average molecular weight is 469 g/mol. The van der Waals surface area contributed by atoms with E-state index < -0.39 is 28.6 Å². The van der Waals surface area contributed by atoms with Crippen LogP contribution in [-0.2, 0) is 9.47 Å². The lowest BCUT2D eigenvalue weighted by Crippen LogP contribution is -2.59. The van der Waals surface area contributed by atoms with Gasteiger partial charge in [0.1, 0.15) is 11.9 Å². The first kappa shape index (κ1) is 20.7. The Bertz CT molecular complexity index is 1010. The maximum Gasteiger partial charge on any atom is 0.217 e. The van der Waals surface area contributed by atoms with E-state index in [4.69, 9.17) is 19.6 Å². The highest BCUT2D eigenvalue weighted by atomic mass is 79.9. The predicted molar refractivity (Wildman–Crippen MR) is 109 cm³/mol. The Kier molecular flexibility index (Phi) is 5.01. The minimum absolute atomic E-state index is 0.324. The maximum atomic E-state index is 10.4. The Morgan fingerprint density at radius 3 is 2.50 bits per heavy atom. The lowest BCUT2D eigenvalue weighted by atomic mass is 9.52. The highest BCUT2D eigenvalue weighted by Crippen LogP contribution is 2.68. The summed E-state index contributed by atoms with van der Waals surface area (Å²) in [5, 5.41) is 39.6. The molecule has 4 unspecified atom stereocenters. The highest BCUT2D eigenvalue weighted by molar-refractivity contribution is 9.10. The SMILES string of the molecule is COc1ccc(C2OC34CCCCCCC3C(C#N)(C(=N)O4)C2(C#N)C#N)cc1Br. The lowest BCUT2D eigenvalue weighted by Gasteiger charge is -2.50. The van der Waals surface area contributed by atoms with Crippen LogP contribution in [0.3, 0.4) is 0 Å².